The molecule has 10 nitrogen and oxygen atoms in total. The summed E-state index contributed by atoms with van der Waals surface area (Å²) < 4.78 is 0. The summed E-state index contributed by atoms with van der Waals surface area (Å²) in [4.78, 5) is 51.8. The summed E-state index contributed by atoms with van der Waals surface area (Å²) >= 11 is 1.68. The molecule has 2 amide bonds. The molecule has 3 rings (SSSR count). The van der Waals surface area contributed by atoms with Crippen LogP contribution in [0.3, 0.4) is 0 Å². The lowest BCUT2D eigenvalue weighted by Gasteiger charge is -2.32. The number of aliphatic hydroxyl groups is 1. The minimum Gasteiger partial charge on any atom is -0.465 e. The molecule has 0 saturated carbocycles. The second-order valence-corrected chi connectivity index (χ2v) is 16.3. The first-order valence-electron chi connectivity index (χ1n) is 18.4. The molecule has 0 bridgehead atoms. The van der Waals surface area contributed by atoms with Crippen molar-refractivity contribution < 1.29 is 29.4 Å². The second kappa shape index (κ2) is 35.3. The van der Waals surface area contributed by atoms with Crippen LogP contribution in [0.15, 0.2) is 47.5 Å². The number of hydrogen-bond donors (Lipinski definition) is 4. The van der Waals surface area contributed by atoms with E-state index in [-0.39, 0.29) is 24.0 Å². The quantitative estimate of drug-likeness (QED) is 0.0959. The van der Waals surface area contributed by atoms with Crippen molar-refractivity contribution in [3.05, 3.63) is 53.1 Å². The summed E-state index contributed by atoms with van der Waals surface area (Å²) in [7, 11) is 3.12. The van der Waals surface area contributed by atoms with Crippen LogP contribution in [0, 0.1) is 42.9 Å². The number of aryl methyl sites for hydroxylation is 1. The molecule has 2 aromatic heterocycles. The van der Waals surface area contributed by atoms with Crippen molar-refractivity contribution in [3.63, 3.8) is 0 Å². The van der Waals surface area contributed by atoms with E-state index in [1.165, 1.54) is 18.8 Å². The number of Topliss-reactive ketones (excluding diaryl/α,β-unsaturated/α-hetero) is 1. The third-order valence-corrected chi connectivity index (χ3v) is 10.9. The first kappa shape index (κ1) is 54.9. The summed E-state index contributed by atoms with van der Waals surface area (Å²) in [5, 5.41) is 28.0. The van der Waals surface area contributed by atoms with Gasteiger partial charge < -0.3 is 20.8 Å². The molecule has 304 valence electrons. The van der Waals surface area contributed by atoms with Gasteiger partial charge in [-0.25, -0.2) is 19.6 Å². The molecule has 0 unspecified atom stereocenters. The van der Waals surface area contributed by atoms with E-state index in [9.17, 15) is 19.5 Å². The van der Waals surface area contributed by atoms with Crippen molar-refractivity contribution in [2.75, 3.05) is 18.8 Å². The molecule has 2 aromatic rings. The number of carbonyl (C=O) groups excluding carboxylic acids is 3. The molecule has 54 heavy (non-hydrogen) atoms. The summed E-state index contributed by atoms with van der Waals surface area (Å²) in [5.74, 6) is 2.98. The SMILES string of the molecule is C#C.C/C=C\c1csc(C)n1.C=C=O.CC.C[C@@H]1CCCNC(=O)C[C@H](O)C(C)(C)C(=O)[C@H](C)C[C@@H](C)CCC1.O=C(O)NCCSSc1ccccn1. The molecule has 13 heteroatoms. The summed E-state index contributed by atoms with van der Waals surface area (Å²) in [6.45, 7) is 21.8. The lowest BCUT2D eigenvalue weighted by atomic mass is 9.74. The van der Waals surface area contributed by atoms with Crippen molar-refractivity contribution >= 4 is 62.7 Å². The van der Waals surface area contributed by atoms with Gasteiger partial charge >= 0.3 is 6.09 Å². The third-order valence-electron chi connectivity index (χ3n) is 7.86. The molecule has 4 N–H and O–H groups in total. The fraction of sp³-hybridized carbons (Fsp3) is 0.585. The molecule has 1 fully saturated rings. The van der Waals surface area contributed by atoms with E-state index < -0.39 is 17.6 Å². The van der Waals surface area contributed by atoms with E-state index in [1.807, 2.05) is 65.0 Å². The average molecular weight is 807 g/mol. The molecule has 3 heterocycles. The normalized spacial score (nSPS) is 20.0. The van der Waals surface area contributed by atoms with E-state index >= 15 is 0 Å². The van der Waals surface area contributed by atoms with Crippen LogP contribution >= 0.6 is 32.9 Å². The minimum atomic E-state index is -0.978. The highest BCUT2D eigenvalue weighted by Gasteiger charge is 2.39. The lowest BCUT2D eigenvalue weighted by molar-refractivity contribution is -0.139. The first-order chi connectivity index (χ1) is 25.7. The van der Waals surface area contributed by atoms with Gasteiger partial charge in [0.1, 0.15) is 16.8 Å². The number of terminal acetylenes is 1. The van der Waals surface area contributed by atoms with Crippen LogP contribution in [0.25, 0.3) is 6.08 Å². The highest BCUT2D eigenvalue weighted by Crippen LogP contribution is 2.32. The number of ketones is 1. The van der Waals surface area contributed by atoms with Crippen molar-refractivity contribution in [2.45, 2.75) is 118 Å². The van der Waals surface area contributed by atoms with Crippen molar-refractivity contribution in [1.29, 1.82) is 0 Å². The number of thiazole rings is 1. The maximum atomic E-state index is 12.8. The van der Waals surface area contributed by atoms with Crippen molar-refractivity contribution in [2.24, 2.45) is 23.2 Å². The number of hydrogen-bond acceptors (Lipinski definition) is 10. The predicted octanol–water partition coefficient (Wildman–Crippen LogP) is 9.57. The highest BCUT2D eigenvalue weighted by molar-refractivity contribution is 8.76. The molecular weight excluding hydrogens is 741 g/mol. The van der Waals surface area contributed by atoms with E-state index in [0.29, 0.717) is 24.9 Å². The predicted molar refractivity (Wildman–Crippen MR) is 230 cm³/mol. The smallest absolute Gasteiger partial charge is 0.404 e. The summed E-state index contributed by atoms with van der Waals surface area (Å²) in [5.41, 5.74) is 0.183. The molecule has 1 aliphatic heterocycles. The van der Waals surface area contributed by atoms with E-state index in [0.717, 1.165) is 47.2 Å². The Labute approximate surface area is 337 Å². The van der Waals surface area contributed by atoms with Crippen LogP contribution in [-0.2, 0) is 14.4 Å². The average Bonchev–Trinajstić information content (AvgIpc) is 3.56. The number of carboxylic acid groups (broad SMARTS) is 1. The largest absolute Gasteiger partial charge is 0.465 e. The zero-order valence-electron chi connectivity index (χ0n) is 33.9. The standard InChI is InChI=1S/C20H37NO3.C8H10N2O2S2.C7H9NS.C2H2O.C2H6.C2H2/c1-14-8-6-9-15(2)12-16(3)19(24)20(4,5)17(22)13-18(23)21-11-7-10-14;11-8(12)10-5-6-13-14-7-3-1-2-4-9-7;1-3-4-7-5-9-6(2)8-7;1-2-3;2*1-2/h14-17,22H,6-13H2,1-5H3,(H,21,23);1-4,10H,5-6H2,(H,11,12);3-5H,1-2H3;1H2;1-2H3;1-2H/b;;4-3-;;;/t14-,15-,16+,17-;;;;;/m0...../s1. The summed E-state index contributed by atoms with van der Waals surface area (Å²) in [6.07, 6.45) is 18.3. The van der Waals surface area contributed by atoms with Gasteiger partial charge in [-0.1, -0.05) is 90.7 Å². The monoisotopic (exact) mass is 806 g/mol. The highest BCUT2D eigenvalue weighted by atomic mass is 33.1. The Morgan fingerprint density at radius 3 is 2.30 bits per heavy atom. The Hall–Kier alpha value is -3.40. The summed E-state index contributed by atoms with van der Waals surface area (Å²) in [6, 6.07) is 5.70. The van der Waals surface area contributed by atoms with E-state index in [2.05, 4.69) is 59.3 Å². The number of pyridine rings is 1. The first-order valence-corrected chi connectivity index (χ1v) is 21.6. The molecule has 0 spiro atoms. The van der Waals surface area contributed by atoms with Crippen molar-refractivity contribution in [1.82, 2.24) is 20.6 Å². The fourth-order valence-electron chi connectivity index (χ4n) is 5.09. The van der Waals surface area contributed by atoms with Gasteiger partial charge in [-0.15, -0.1) is 24.2 Å². The number of aliphatic hydroxyl groups excluding tert-OH is 1. The number of rotatable bonds is 6. The Kier molecular flexibility index (Phi) is 35.9. The van der Waals surface area contributed by atoms with Gasteiger partial charge in [0, 0.05) is 36.3 Å². The Morgan fingerprint density at radius 2 is 1.76 bits per heavy atom. The number of nitrogens with one attached hydrogen (secondary N) is 2. The molecule has 0 aromatic carbocycles. The molecule has 1 aliphatic rings. The number of aromatic nitrogens is 2. The second-order valence-electron chi connectivity index (χ2n) is 12.8. The van der Waals surface area contributed by atoms with Gasteiger partial charge in [-0.05, 0) is 80.5 Å². The minimum absolute atomic E-state index is 0.00341. The van der Waals surface area contributed by atoms with Crippen LogP contribution in [0.5, 0.6) is 0 Å². The molecule has 0 aliphatic carbocycles. The van der Waals surface area contributed by atoms with Crippen LogP contribution in [0.1, 0.15) is 111 Å². The fourth-order valence-corrected chi connectivity index (χ4v) is 7.46. The topological polar surface area (TPSA) is 159 Å². The molecule has 0 radical (unpaired) electrons. The van der Waals surface area contributed by atoms with Gasteiger partial charge in [0.25, 0.3) is 0 Å². The zero-order chi connectivity index (χ0) is 42.0. The number of amides is 2. The Balaban J connectivity index is -0.000000728. The maximum Gasteiger partial charge on any atom is 0.404 e. The third kappa shape index (κ3) is 29.0. The molecular formula is C41H66N4O6S3. The Morgan fingerprint density at radius 1 is 1.15 bits per heavy atom. The van der Waals surface area contributed by atoms with Crippen LogP contribution in [-0.4, -0.2) is 68.9 Å². The van der Waals surface area contributed by atoms with Crippen LogP contribution in [0.4, 0.5) is 4.79 Å². The van der Waals surface area contributed by atoms with Gasteiger partial charge in [0.05, 0.1) is 28.6 Å². The van der Waals surface area contributed by atoms with Gasteiger partial charge in [-0.3, -0.25) is 9.59 Å². The van der Waals surface area contributed by atoms with Crippen molar-refractivity contribution in [3.8, 4) is 12.8 Å². The number of allylic oxidation sites excluding steroid dienone is 1. The van der Waals surface area contributed by atoms with Gasteiger partial charge in [0.15, 0.2) is 0 Å². The Bertz CT molecular complexity index is 1340. The zero-order valence-corrected chi connectivity index (χ0v) is 36.4. The van der Waals surface area contributed by atoms with Crippen LogP contribution < -0.4 is 10.6 Å². The van der Waals surface area contributed by atoms with E-state index in [4.69, 9.17) is 9.90 Å². The van der Waals surface area contributed by atoms with E-state index in [1.54, 1.807) is 53.0 Å². The molecule has 4 atom stereocenters. The number of carbonyl (C=O) groups is 3. The van der Waals surface area contributed by atoms with Crippen LogP contribution in [0.2, 0.25) is 0 Å². The van der Waals surface area contributed by atoms with Gasteiger partial charge in [0.2, 0.25) is 5.91 Å². The molecule has 1 saturated heterocycles. The van der Waals surface area contributed by atoms with Gasteiger partial charge in [-0.2, -0.15) is 0 Å². The maximum absolute atomic E-state index is 12.8. The number of nitrogens with zero attached hydrogens (tertiary/aromatic N) is 2. The lowest BCUT2D eigenvalue weighted by Crippen LogP contribution is -2.43.